The van der Waals surface area contributed by atoms with Crippen LogP contribution < -0.4 is 5.32 Å². The van der Waals surface area contributed by atoms with Crippen molar-refractivity contribution in [2.45, 2.75) is 6.04 Å². The van der Waals surface area contributed by atoms with Gasteiger partial charge in [-0.2, -0.15) is 0 Å². The zero-order valence-electron chi connectivity index (χ0n) is 17.4. The number of aldehydes is 1. The number of nitrogens with one attached hydrogen (secondary N) is 1. The van der Waals surface area contributed by atoms with Gasteiger partial charge < -0.3 is 15.0 Å². The van der Waals surface area contributed by atoms with Crippen LogP contribution in [-0.2, 0) is 14.3 Å². The second-order valence-corrected chi connectivity index (χ2v) is 6.42. The fourth-order valence-corrected chi connectivity index (χ4v) is 2.65. The van der Waals surface area contributed by atoms with Crippen molar-refractivity contribution in [1.82, 2.24) is 10.2 Å². The van der Waals surface area contributed by atoms with Crippen LogP contribution in [-0.4, -0.2) is 56.2 Å². The van der Waals surface area contributed by atoms with E-state index in [1.807, 2.05) is 0 Å². The Morgan fingerprint density at radius 2 is 1.65 bits per heavy atom. The van der Waals surface area contributed by atoms with E-state index in [4.69, 9.17) is 0 Å². The highest BCUT2D eigenvalue weighted by molar-refractivity contribution is 6.07. The second-order valence-electron chi connectivity index (χ2n) is 6.42. The van der Waals surface area contributed by atoms with Gasteiger partial charge in [-0.05, 0) is 42.0 Å². The van der Waals surface area contributed by atoms with Crippen molar-refractivity contribution in [2.75, 3.05) is 21.2 Å². The maximum atomic E-state index is 12.7. The summed E-state index contributed by atoms with van der Waals surface area (Å²) in [5.74, 6) is 3.91. The lowest BCUT2D eigenvalue weighted by Gasteiger charge is -2.24. The predicted octanol–water partition coefficient (Wildman–Crippen LogP) is 1.92. The fourth-order valence-electron chi connectivity index (χ4n) is 2.65. The molecule has 0 aliphatic carbocycles. The molecule has 0 spiro atoms. The first-order chi connectivity index (χ1) is 14.9. The third-order valence-corrected chi connectivity index (χ3v) is 4.41. The van der Waals surface area contributed by atoms with Crippen LogP contribution in [0.1, 0.15) is 31.8 Å². The summed E-state index contributed by atoms with van der Waals surface area (Å²) in [7, 11) is 3.89. The van der Waals surface area contributed by atoms with E-state index < -0.39 is 23.8 Å². The third kappa shape index (κ3) is 6.15. The van der Waals surface area contributed by atoms with Crippen molar-refractivity contribution in [2.24, 2.45) is 0 Å². The van der Waals surface area contributed by atoms with Crippen molar-refractivity contribution < 1.29 is 23.9 Å². The molecule has 31 heavy (non-hydrogen) atoms. The van der Waals surface area contributed by atoms with Crippen molar-refractivity contribution in [3.8, 4) is 11.8 Å². The lowest BCUT2D eigenvalue weighted by atomic mass is 10.1. The third-order valence-electron chi connectivity index (χ3n) is 4.41. The van der Waals surface area contributed by atoms with Gasteiger partial charge in [0.1, 0.15) is 6.29 Å². The summed E-state index contributed by atoms with van der Waals surface area (Å²) in [6.45, 7) is 0. The van der Waals surface area contributed by atoms with Crippen LogP contribution in [0.2, 0.25) is 0 Å². The summed E-state index contributed by atoms with van der Waals surface area (Å²) in [6.07, 6.45) is 4.24. The summed E-state index contributed by atoms with van der Waals surface area (Å²) in [4.78, 5) is 48.3. The van der Waals surface area contributed by atoms with Crippen LogP contribution in [0.4, 0.5) is 0 Å². The average molecular weight is 418 g/mol. The number of carbonyl (C=O) groups excluding carboxylic acids is 4. The molecule has 2 rings (SSSR count). The molecule has 7 nitrogen and oxygen atoms in total. The summed E-state index contributed by atoms with van der Waals surface area (Å²) < 4.78 is 4.63. The number of hydrogen-bond donors (Lipinski definition) is 1. The molecule has 0 fully saturated rings. The number of ether oxygens (including phenoxy) is 1. The maximum Gasteiger partial charge on any atom is 0.338 e. The van der Waals surface area contributed by atoms with Crippen LogP contribution >= 0.6 is 0 Å². The Morgan fingerprint density at radius 3 is 2.19 bits per heavy atom. The second kappa shape index (κ2) is 11.1. The summed E-state index contributed by atoms with van der Waals surface area (Å²) >= 11 is 0. The van der Waals surface area contributed by atoms with Gasteiger partial charge in [0.15, 0.2) is 0 Å². The van der Waals surface area contributed by atoms with Crippen LogP contribution in [0.25, 0.3) is 6.08 Å². The summed E-state index contributed by atoms with van der Waals surface area (Å²) in [5.41, 5.74) is 2.52. The smallest absolute Gasteiger partial charge is 0.338 e. The van der Waals surface area contributed by atoms with Crippen molar-refractivity contribution in [3.63, 3.8) is 0 Å². The average Bonchev–Trinajstić information content (AvgIpc) is 2.81. The Morgan fingerprint density at radius 1 is 1.03 bits per heavy atom. The number of likely N-dealkylation sites (N-methyl/N-ethyl adjacent to an activating group) is 2. The molecule has 0 aromatic heterocycles. The Bertz CT molecular complexity index is 1030. The number of methoxy groups -OCH3 is 1. The molecule has 1 unspecified atom stereocenters. The zero-order chi connectivity index (χ0) is 22.8. The minimum absolute atomic E-state index is 0.318. The number of carbonyl (C=O) groups is 4. The van der Waals surface area contributed by atoms with E-state index in [2.05, 4.69) is 21.9 Å². The minimum Gasteiger partial charge on any atom is -0.467 e. The molecule has 0 aliphatic rings. The van der Waals surface area contributed by atoms with E-state index in [9.17, 15) is 19.2 Å². The van der Waals surface area contributed by atoms with Gasteiger partial charge in [0.2, 0.25) is 6.04 Å². The van der Waals surface area contributed by atoms with Gasteiger partial charge in [-0.15, -0.1) is 0 Å². The maximum absolute atomic E-state index is 12.7. The van der Waals surface area contributed by atoms with Crippen LogP contribution in [0.3, 0.4) is 0 Å². The molecule has 2 aromatic carbocycles. The fraction of sp³-hybridized carbons (Fsp3) is 0.167. The predicted molar refractivity (Wildman–Crippen MR) is 116 cm³/mol. The quantitative estimate of drug-likeness (QED) is 0.335. The standard InChI is InChI=1S/C24H22N2O5/c1-25-22(28)21(24(30)31-3)26(2)23(29)20-14-12-18(13-15-20)7-5-4-6-17-8-10-19(16-27)11-9-17/h5,7-16,21H,1-3H3,(H,25,28)/b7-5+. The molecular formula is C24H22N2O5. The first kappa shape index (κ1) is 23.1. The van der Waals surface area contributed by atoms with Crippen molar-refractivity contribution in [3.05, 3.63) is 76.9 Å². The van der Waals surface area contributed by atoms with Gasteiger partial charge in [-0.25, -0.2) is 4.79 Å². The number of esters is 1. The van der Waals surface area contributed by atoms with Crippen LogP contribution in [0.5, 0.6) is 0 Å². The largest absolute Gasteiger partial charge is 0.467 e. The van der Waals surface area contributed by atoms with E-state index in [0.717, 1.165) is 29.4 Å². The monoisotopic (exact) mass is 418 g/mol. The lowest BCUT2D eigenvalue weighted by molar-refractivity contribution is -0.150. The summed E-state index contributed by atoms with van der Waals surface area (Å²) in [6, 6.07) is 12.2. The van der Waals surface area contributed by atoms with Gasteiger partial charge >= 0.3 is 5.97 Å². The molecule has 0 bridgehead atoms. The molecule has 0 saturated heterocycles. The number of benzene rings is 2. The van der Waals surface area contributed by atoms with Gasteiger partial charge in [-0.1, -0.05) is 36.1 Å². The lowest BCUT2D eigenvalue weighted by Crippen LogP contribution is -2.51. The SMILES string of the molecule is CNC(=O)C(C(=O)OC)N(C)C(=O)c1ccc(/C=C/C#Cc2ccc(C=O)cc2)cc1. The molecule has 2 amide bonds. The molecule has 0 radical (unpaired) electrons. The Labute approximate surface area is 180 Å². The molecule has 2 aromatic rings. The number of amides is 2. The molecule has 1 atom stereocenters. The minimum atomic E-state index is -1.38. The normalized spacial score (nSPS) is 11.1. The van der Waals surface area contributed by atoms with Crippen LogP contribution in [0, 0.1) is 11.8 Å². The molecule has 7 heteroatoms. The Balaban J connectivity index is 2.08. The van der Waals surface area contributed by atoms with Gasteiger partial charge in [0, 0.05) is 30.8 Å². The Kier molecular flexibility index (Phi) is 8.29. The molecule has 0 aliphatic heterocycles. The topological polar surface area (TPSA) is 92.8 Å². The van der Waals surface area contributed by atoms with Gasteiger partial charge in [-0.3, -0.25) is 14.4 Å². The van der Waals surface area contributed by atoms with E-state index in [1.165, 1.54) is 14.1 Å². The molecule has 1 N–H and O–H groups in total. The first-order valence-corrected chi connectivity index (χ1v) is 9.31. The van der Waals surface area contributed by atoms with E-state index in [0.29, 0.717) is 11.1 Å². The molecular weight excluding hydrogens is 396 g/mol. The first-order valence-electron chi connectivity index (χ1n) is 9.31. The highest BCUT2D eigenvalue weighted by Crippen LogP contribution is 2.11. The molecule has 0 heterocycles. The number of hydrogen-bond acceptors (Lipinski definition) is 5. The molecule has 158 valence electrons. The van der Waals surface area contributed by atoms with E-state index in [-0.39, 0.29) is 0 Å². The van der Waals surface area contributed by atoms with E-state index in [1.54, 1.807) is 60.7 Å². The zero-order valence-corrected chi connectivity index (χ0v) is 17.4. The highest BCUT2D eigenvalue weighted by Gasteiger charge is 2.34. The number of nitrogens with zero attached hydrogens (tertiary/aromatic N) is 1. The van der Waals surface area contributed by atoms with Gasteiger partial charge in [0.05, 0.1) is 7.11 Å². The van der Waals surface area contributed by atoms with Crippen molar-refractivity contribution >= 4 is 30.1 Å². The summed E-state index contributed by atoms with van der Waals surface area (Å²) in [5, 5.41) is 2.35. The highest BCUT2D eigenvalue weighted by atomic mass is 16.5. The number of allylic oxidation sites excluding steroid dienone is 1. The van der Waals surface area contributed by atoms with Crippen LogP contribution in [0.15, 0.2) is 54.6 Å². The van der Waals surface area contributed by atoms with Gasteiger partial charge in [0.25, 0.3) is 11.8 Å². The number of rotatable bonds is 6. The molecule has 0 saturated carbocycles. The van der Waals surface area contributed by atoms with Crippen molar-refractivity contribution in [1.29, 1.82) is 0 Å². The Hall–Kier alpha value is -4.18. The van der Waals surface area contributed by atoms with E-state index >= 15 is 0 Å².